The van der Waals surface area contributed by atoms with Crippen molar-refractivity contribution in [2.24, 2.45) is 0 Å². The van der Waals surface area contributed by atoms with E-state index in [9.17, 15) is 0 Å². The van der Waals surface area contributed by atoms with Gasteiger partial charge in [-0.25, -0.2) is 0 Å². The van der Waals surface area contributed by atoms with E-state index in [2.05, 4.69) is 38.0 Å². The minimum atomic E-state index is -1.08. The molecule has 0 saturated carbocycles. The van der Waals surface area contributed by atoms with Crippen LogP contribution in [-0.2, 0) is 0 Å². The van der Waals surface area contributed by atoms with Crippen molar-refractivity contribution in [2.45, 2.75) is 32.5 Å². The van der Waals surface area contributed by atoms with Crippen LogP contribution in [0.1, 0.15) is 12.8 Å². The Kier molecular flexibility index (Phi) is 14.4. The second kappa shape index (κ2) is 8.93. The predicted octanol–water partition coefficient (Wildman–Crippen LogP) is -0.895. The third-order valence-electron chi connectivity index (χ3n) is 0.765. The number of rotatable bonds is 1. The van der Waals surface area contributed by atoms with Gasteiger partial charge in [-0.3, -0.25) is 0 Å². The van der Waals surface area contributed by atoms with Gasteiger partial charge in [-0.15, -0.1) is 11.5 Å². The fourth-order valence-corrected chi connectivity index (χ4v) is 1.07. The van der Waals surface area contributed by atoms with Gasteiger partial charge in [-0.1, -0.05) is 19.6 Å². The van der Waals surface area contributed by atoms with E-state index < -0.39 is 8.07 Å². The summed E-state index contributed by atoms with van der Waals surface area (Å²) in [6.45, 7) is 10.5. The molecule has 0 unspecified atom stereocenters. The van der Waals surface area contributed by atoms with Crippen LogP contribution in [0.4, 0.5) is 0 Å². The van der Waals surface area contributed by atoms with E-state index in [1.807, 2.05) is 0 Å². The monoisotopic (exact) mass is 198 g/mol. The quantitative estimate of drug-likeness (QED) is 0.292. The Morgan fingerprint density at radius 2 is 1.73 bits per heavy atom. The van der Waals surface area contributed by atoms with Crippen molar-refractivity contribution in [3.8, 4) is 11.5 Å². The Balaban J connectivity index is -0.000000320. The molecule has 0 aromatic rings. The Morgan fingerprint density at radius 1 is 1.27 bits per heavy atom. The first-order valence-electron chi connectivity index (χ1n) is 3.35. The number of unbranched alkanes of at least 4 members (excludes halogenated alkanes) is 1. The molecule has 0 saturated heterocycles. The van der Waals surface area contributed by atoms with Crippen LogP contribution in [0, 0.1) is 18.4 Å². The van der Waals surface area contributed by atoms with Crippen molar-refractivity contribution in [2.75, 3.05) is 0 Å². The largest absolute Gasteiger partial charge is 2.00 e. The van der Waals surface area contributed by atoms with Crippen LogP contribution in [0.3, 0.4) is 0 Å². The molecule has 0 nitrogen and oxygen atoms in total. The Morgan fingerprint density at radius 3 is 2.00 bits per heavy atom. The molecule has 3 heteroatoms. The van der Waals surface area contributed by atoms with Crippen LogP contribution in [0.25, 0.3) is 0 Å². The van der Waals surface area contributed by atoms with Gasteiger partial charge < -0.3 is 19.3 Å². The molecule has 0 atom stereocenters. The average molecular weight is 199 g/mol. The molecule has 0 bridgehead atoms. The first kappa shape index (κ1) is 17.8. The normalized spacial score (nSPS) is 8.36. The summed E-state index contributed by atoms with van der Waals surface area (Å²) >= 11 is 0. The standard InChI is InChI=1S/C8H15Si.ClH.Mg/c1-5-6-7-8-9(2,3)4;;/h1,5-6H2,2-4H3;1H;/q-1;;+2/p-1. The van der Waals surface area contributed by atoms with Crippen molar-refractivity contribution in [1.82, 2.24) is 0 Å². The Labute approximate surface area is 94.1 Å². The summed E-state index contributed by atoms with van der Waals surface area (Å²) in [7, 11) is -1.08. The molecule has 0 aliphatic rings. The third-order valence-corrected chi connectivity index (χ3v) is 1.69. The van der Waals surface area contributed by atoms with Crippen molar-refractivity contribution >= 4 is 31.1 Å². The van der Waals surface area contributed by atoms with Crippen LogP contribution in [0.2, 0.25) is 19.6 Å². The van der Waals surface area contributed by atoms with E-state index in [4.69, 9.17) is 0 Å². The van der Waals surface area contributed by atoms with Crippen LogP contribution >= 0.6 is 0 Å². The van der Waals surface area contributed by atoms with Gasteiger partial charge >= 0.3 is 23.1 Å². The summed E-state index contributed by atoms with van der Waals surface area (Å²) < 4.78 is 0. The van der Waals surface area contributed by atoms with Gasteiger partial charge in [0, 0.05) is 0 Å². The van der Waals surface area contributed by atoms with Gasteiger partial charge in [-0.2, -0.15) is 6.42 Å². The summed E-state index contributed by atoms with van der Waals surface area (Å²) in [6, 6.07) is 0. The molecule has 60 valence electrons. The average Bonchev–Trinajstić information content (AvgIpc) is 1.63. The summed E-state index contributed by atoms with van der Waals surface area (Å²) in [5.41, 5.74) is 3.27. The van der Waals surface area contributed by atoms with Crippen LogP contribution in [-0.4, -0.2) is 31.1 Å². The molecule has 0 heterocycles. The van der Waals surface area contributed by atoms with Crippen LogP contribution in [0.5, 0.6) is 0 Å². The molecule has 0 fully saturated rings. The summed E-state index contributed by atoms with van der Waals surface area (Å²) in [5.74, 6) is 3.12. The van der Waals surface area contributed by atoms with E-state index in [1.165, 1.54) is 0 Å². The van der Waals surface area contributed by atoms with Crippen LogP contribution in [0.15, 0.2) is 0 Å². The Bertz CT molecular complexity index is 129. The van der Waals surface area contributed by atoms with E-state index in [1.54, 1.807) is 0 Å². The maximum Gasteiger partial charge on any atom is 2.00 e. The zero-order chi connectivity index (χ0) is 7.33. The zero-order valence-electron chi connectivity index (χ0n) is 7.71. The molecule has 0 spiro atoms. The maximum atomic E-state index is 3.72. The summed E-state index contributed by atoms with van der Waals surface area (Å²) in [6.07, 6.45) is 1.90. The van der Waals surface area contributed by atoms with Gasteiger partial charge in [0.25, 0.3) is 0 Å². The van der Waals surface area contributed by atoms with Gasteiger partial charge in [-0.05, 0) is 6.42 Å². The summed E-state index contributed by atoms with van der Waals surface area (Å²) in [5, 5.41) is 0. The summed E-state index contributed by atoms with van der Waals surface area (Å²) in [4.78, 5) is 0. The molecule has 0 radical (unpaired) electrons. The van der Waals surface area contributed by atoms with Gasteiger partial charge in [0.1, 0.15) is 8.07 Å². The number of hydrogen-bond donors (Lipinski definition) is 0. The molecule has 11 heavy (non-hydrogen) atoms. The third kappa shape index (κ3) is 18.1. The maximum absolute atomic E-state index is 3.72. The minimum absolute atomic E-state index is 0. The van der Waals surface area contributed by atoms with Crippen molar-refractivity contribution in [3.05, 3.63) is 6.92 Å². The molecule has 0 aliphatic carbocycles. The van der Waals surface area contributed by atoms with Gasteiger partial charge in [0.2, 0.25) is 0 Å². The van der Waals surface area contributed by atoms with Gasteiger partial charge in [0.15, 0.2) is 0 Å². The van der Waals surface area contributed by atoms with E-state index in [0.29, 0.717) is 0 Å². The van der Waals surface area contributed by atoms with Crippen molar-refractivity contribution in [1.29, 1.82) is 0 Å². The fourth-order valence-electron chi connectivity index (χ4n) is 0.416. The topological polar surface area (TPSA) is 0 Å². The van der Waals surface area contributed by atoms with Crippen molar-refractivity contribution in [3.63, 3.8) is 0 Å². The molecule has 0 aromatic carbocycles. The van der Waals surface area contributed by atoms with E-state index >= 15 is 0 Å². The molecule has 0 aromatic heterocycles. The molecule has 0 aliphatic heterocycles. The second-order valence-electron chi connectivity index (χ2n) is 3.16. The molecule has 0 N–H and O–H groups in total. The first-order valence-corrected chi connectivity index (χ1v) is 6.85. The zero-order valence-corrected chi connectivity index (χ0v) is 10.9. The SMILES string of the molecule is [CH2-]CCC#C[Si](C)(C)C.[Cl-].[Mg+2]. The predicted molar refractivity (Wildman–Crippen MR) is 51.5 cm³/mol. The Hall–Kier alpha value is 0.833. The first-order chi connectivity index (χ1) is 4.06. The number of halogens is 1. The minimum Gasteiger partial charge on any atom is -1.00 e. The van der Waals surface area contributed by atoms with E-state index in [0.717, 1.165) is 12.8 Å². The van der Waals surface area contributed by atoms with E-state index in [-0.39, 0.29) is 35.5 Å². The molecule has 0 rings (SSSR count). The fraction of sp³-hybridized carbons (Fsp3) is 0.625. The number of hydrogen-bond acceptors (Lipinski definition) is 0. The molecule has 0 amide bonds. The van der Waals surface area contributed by atoms with Gasteiger partial charge in [0.05, 0.1) is 0 Å². The molecular formula is C8H15ClMgSi. The second-order valence-corrected chi connectivity index (χ2v) is 7.91. The van der Waals surface area contributed by atoms with Crippen molar-refractivity contribution < 1.29 is 12.4 Å². The van der Waals surface area contributed by atoms with Crippen LogP contribution < -0.4 is 12.4 Å². The molecular weight excluding hydrogens is 184 g/mol. The smallest absolute Gasteiger partial charge is 1.00 e.